The number of nitrogens with one attached hydrogen (secondary N) is 1. The van der Waals surface area contributed by atoms with E-state index in [0.717, 1.165) is 12.1 Å². The Morgan fingerprint density at radius 1 is 1.13 bits per heavy atom. The fraction of sp³-hybridized carbons (Fsp3) is 0.0714. The molecule has 2 rings (SSSR count). The van der Waals surface area contributed by atoms with Crippen LogP contribution < -0.4 is 5.43 Å². The molecule has 0 amide bonds. The molecule has 0 unspecified atom stereocenters. The Balaban J connectivity index is 2.33. The van der Waals surface area contributed by atoms with Crippen molar-refractivity contribution >= 4 is 34.4 Å². The van der Waals surface area contributed by atoms with Gasteiger partial charge in [0.2, 0.25) is 0 Å². The topological polar surface area (TPSA) is 111 Å². The normalized spacial score (nSPS) is 11.1. The average molecular weight is 335 g/mol. The van der Waals surface area contributed by atoms with E-state index in [1.54, 1.807) is 31.2 Å². The van der Waals surface area contributed by atoms with Gasteiger partial charge in [-0.25, -0.2) is 0 Å². The second-order valence-electron chi connectivity index (χ2n) is 4.50. The highest BCUT2D eigenvalue weighted by Gasteiger charge is 2.19. The minimum atomic E-state index is -0.713. The van der Waals surface area contributed by atoms with Crippen LogP contribution in [0.2, 0.25) is 5.02 Å². The fourth-order valence-corrected chi connectivity index (χ4v) is 2.11. The van der Waals surface area contributed by atoms with Gasteiger partial charge in [-0.3, -0.25) is 25.7 Å². The summed E-state index contributed by atoms with van der Waals surface area (Å²) in [5.74, 6) is 0. The van der Waals surface area contributed by atoms with Gasteiger partial charge in [-0.05, 0) is 19.1 Å². The SMILES string of the molecule is C/C(=N/Nc1ccc([N+](=O)[O-])cc1[N+](=O)[O-])c1ccccc1Cl. The fourth-order valence-electron chi connectivity index (χ4n) is 1.84. The number of anilines is 1. The first-order chi connectivity index (χ1) is 10.9. The third-order valence-electron chi connectivity index (χ3n) is 3.00. The first-order valence-electron chi connectivity index (χ1n) is 6.38. The van der Waals surface area contributed by atoms with E-state index in [0.29, 0.717) is 16.3 Å². The molecule has 8 nitrogen and oxygen atoms in total. The maximum Gasteiger partial charge on any atom is 0.301 e. The van der Waals surface area contributed by atoms with E-state index in [1.807, 2.05) is 0 Å². The molecule has 23 heavy (non-hydrogen) atoms. The molecule has 0 aliphatic rings. The van der Waals surface area contributed by atoms with Gasteiger partial charge in [-0.1, -0.05) is 29.8 Å². The van der Waals surface area contributed by atoms with Gasteiger partial charge in [0.25, 0.3) is 5.69 Å². The van der Waals surface area contributed by atoms with Crippen molar-refractivity contribution in [2.45, 2.75) is 6.92 Å². The van der Waals surface area contributed by atoms with E-state index in [-0.39, 0.29) is 11.4 Å². The van der Waals surface area contributed by atoms with Crippen LogP contribution in [0.4, 0.5) is 17.1 Å². The summed E-state index contributed by atoms with van der Waals surface area (Å²) in [7, 11) is 0. The van der Waals surface area contributed by atoms with Crippen molar-refractivity contribution in [1.82, 2.24) is 0 Å². The molecule has 0 aliphatic carbocycles. The van der Waals surface area contributed by atoms with Crippen LogP contribution in [0.5, 0.6) is 0 Å². The van der Waals surface area contributed by atoms with Gasteiger partial charge in [0.15, 0.2) is 0 Å². The number of hydrogen-bond donors (Lipinski definition) is 1. The van der Waals surface area contributed by atoms with Gasteiger partial charge in [0.05, 0.1) is 21.6 Å². The molecule has 9 heteroatoms. The zero-order valence-corrected chi connectivity index (χ0v) is 12.6. The number of non-ortho nitro benzene ring substituents is 1. The molecule has 0 atom stereocenters. The minimum Gasteiger partial charge on any atom is -0.271 e. The predicted octanol–water partition coefficient (Wildman–Crippen LogP) is 3.99. The van der Waals surface area contributed by atoms with Crippen LogP contribution in [0.3, 0.4) is 0 Å². The lowest BCUT2D eigenvalue weighted by Gasteiger charge is -2.06. The summed E-state index contributed by atoms with van der Waals surface area (Å²) < 4.78 is 0. The molecule has 2 aromatic carbocycles. The second-order valence-corrected chi connectivity index (χ2v) is 4.91. The number of halogens is 1. The second kappa shape index (κ2) is 6.84. The van der Waals surface area contributed by atoms with Crippen LogP contribution in [0.15, 0.2) is 47.6 Å². The number of benzene rings is 2. The average Bonchev–Trinajstić information content (AvgIpc) is 2.52. The summed E-state index contributed by atoms with van der Waals surface area (Å²) in [6.07, 6.45) is 0. The van der Waals surface area contributed by atoms with Crippen LogP contribution >= 0.6 is 11.6 Å². The smallest absolute Gasteiger partial charge is 0.271 e. The van der Waals surface area contributed by atoms with Crippen molar-refractivity contribution in [2.75, 3.05) is 5.43 Å². The Morgan fingerprint density at radius 2 is 1.83 bits per heavy atom. The van der Waals surface area contributed by atoms with E-state index in [9.17, 15) is 20.2 Å². The van der Waals surface area contributed by atoms with Crippen molar-refractivity contribution in [1.29, 1.82) is 0 Å². The summed E-state index contributed by atoms with van der Waals surface area (Å²) >= 11 is 6.05. The number of nitrogens with zero attached hydrogens (tertiary/aromatic N) is 3. The zero-order valence-electron chi connectivity index (χ0n) is 11.9. The van der Waals surface area contributed by atoms with Crippen molar-refractivity contribution in [3.05, 3.63) is 73.3 Å². The molecular weight excluding hydrogens is 324 g/mol. The molecule has 1 N–H and O–H groups in total. The van der Waals surface area contributed by atoms with Crippen LogP contribution in [0.1, 0.15) is 12.5 Å². The standard InChI is InChI=1S/C14H11ClN4O4/c1-9(11-4-2-3-5-12(11)15)16-17-13-7-6-10(18(20)21)8-14(13)19(22)23/h2-8,17H,1H3/b16-9-. The quantitative estimate of drug-likeness (QED) is 0.504. The third kappa shape index (κ3) is 3.80. The monoisotopic (exact) mass is 334 g/mol. The maximum atomic E-state index is 11.0. The zero-order chi connectivity index (χ0) is 17.0. The third-order valence-corrected chi connectivity index (χ3v) is 3.33. The summed E-state index contributed by atoms with van der Waals surface area (Å²) in [5, 5.41) is 26.3. The lowest BCUT2D eigenvalue weighted by atomic mass is 10.1. The molecular formula is C14H11ClN4O4. The largest absolute Gasteiger partial charge is 0.301 e. The number of hydrazone groups is 1. The summed E-state index contributed by atoms with van der Waals surface area (Å²) in [6.45, 7) is 1.69. The first-order valence-corrected chi connectivity index (χ1v) is 6.76. The van der Waals surface area contributed by atoms with Gasteiger partial charge in [0, 0.05) is 16.7 Å². The molecule has 0 heterocycles. The maximum absolute atomic E-state index is 11.0. The summed E-state index contributed by atoms with van der Waals surface area (Å²) in [6, 6.07) is 10.3. The first kappa shape index (κ1) is 16.4. The van der Waals surface area contributed by atoms with E-state index >= 15 is 0 Å². The van der Waals surface area contributed by atoms with E-state index in [1.165, 1.54) is 6.07 Å². The molecule has 0 fully saturated rings. The van der Waals surface area contributed by atoms with E-state index in [4.69, 9.17) is 11.6 Å². The van der Waals surface area contributed by atoms with E-state index in [2.05, 4.69) is 10.5 Å². The molecule has 0 saturated heterocycles. The number of nitro benzene ring substituents is 2. The molecule has 0 aromatic heterocycles. The molecule has 2 aromatic rings. The highest BCUT2D eigenvalue weighted by molar-refractivity contribution is 6.34. The van der Waals surface area contributed by atoms with Gasteiger partial charge >= 0.3 is 5.69 Å². The summed E-state index contributed by atoms with van der Waals surface area (Å²) in [5.41, 5.74) is 2.99. The lowest BCUT2D eigenvalue weighted by Crippen LogP contribution is -2.03. The number of nitro groups is 2. The van der Waals surface area contributed by atoms with Crippen molar-refractivity contribution in [2.24, 2.45) is 5.10 Å². The van der Waals surface area contributed by atoms with E-state index < -0.39 is 15.5 Å². The highest BCUT2D eigenvalue weighted by atomic mass is 35.5. The predicted molar refractivity (Wildman–Crippen MR) is 87.0 cm³/mol. The Labute approximate surface area is 135 Å². The number of rotatable bonds is 5. The van der Waals surface area contributed by atoms with Crippen molar-refractivity contribution in [3.8, 4) is 0 Å². The Bertz CT molecular complexity index is 807. The minimum absolute atomic E-state index is 0.0482. The molecule has 0 saturated carbocycles. The van der Waals surface area contributed by atoms with Crippen LogP contribution in [-0.2, 0) is 0 Å². The molecule has 0 spiro atoms. The van der Waals surface area contributed by atoms with Crippen LogP contribution in [0.25, 0.3) is 0 Å². The lowest BCUT2D eigenvalue weighted by molar-refractivity contribution is -0.393. The molecule has 0 aliphatic heterocycles. The Kier molecular flexibility index (Phi) is 4.87. The molecule has 118 valence electrons. The Hall–Kier alpha value is -3.00. The van der Waals surface area contributed by atoms with Crippen LogP contribution in [0, 0.1) is 20.2 Å². The summed E-state index contributed by atoms with van der Waals surface area (Å²) in [4.78, 5) is 20.3. The highest BCUT2D eigenvalue weighted by Crippen LogP contribution is 2.29. The van der Waals surface area contributed by atoms with Crippen LogP contribution in [-0.4, -0.2) is 15.6 Å². The number of hydrogen-bond acceptors (Lipinski definition) is 6. The Morgan fingerprint density at radius 3 is 2.43 bits per heavy atom. The van der Waals surface area contributed by atoms with Gasteiger partial charge in [-0.2, -0.15) is 5.10 Å². The van der Waals surface area contributed by atoms with Crippen molar-refractivity contribution < 1.29 is 9.85 Å². The van der Waals surface area contributed by atoms with Gasteiger partial charge in [0.1, 0.15) is 5.69 Å². The molecule has 0 radical (unpaired) electrons. The van der Waals surface area contributed by atoms with Crippen molar-refractivity contribution in [3.63, 3.8) is 0 Å². The van der Waals surface area contributed by atoms with Gasteiger partial charge in [-0.15, -0.1) is 0 Å². The molecule has 0 bridgehead atoms. The van der Waals surface area contributed by atoms with Gasteiger partial charge < -0.3 is 0 Å².